The topological polar surface area (TPSA) is 77.9 Å². The Kier molecular flexibility index (Phi) is 13.0. The van der Waals surface area contributed by atoms with Crippen molar-refractivity contribution in [3.8, 4) is 0 Å². The normalized spacial score (nSPS) is 15.8. The molecule has 1 N–H and O–H groups in total. The highest BCUT2D eigenvalue weighted by atomic mass is 16.3. The zero-order valence-corrected chi connectivity index (χ0v) is 34.6. The lowest BCUT2D eigenvalue weighted by atomic mass is 9.81. The average Bonchev–Trinajstić information content (AvgIpc) is 3.21. The van der Waals surface area contributed by atoms with E-state index in [-0.39, 0.29) is 29.8 Å². The number of amides is 3. The summed E-state index contributed by atoms with van der Waals surface area (Å²) in [6.45, 7) is 8.85. The first-order valence-electron chi connectivity index (χ1n) is 22.5. The third-order valence-corrected chi connectivity index (χ3v) is 13.2. The van der Waals surface area contributed by atoms with Gasteiger partial charge < -0.3 is 10.0 Å². The number of hydrogen-bond donors (Lipinski definition) is 1. The summed E-state index contributed by atoms with van der Waals surface area (Å²) in [5.41, 5.74) is 2.64. The van der Waals surface area contributed by atoms with Crippen molar-refractivity contribution in [3.05, 3.63) is 70.8 Å². The molecule has 3 amide bonds. The Morgan fingerprint density at radius 1 is 0.446 bits per heavy atom. The Bertz CT molecular complexity index is 2090. The van der Waals surface area contributed by atoms with Crippen LogP contribution in [-0.2, 0) is 0 Å². The molecule has 7 rings (SSSR count). The molecule has 0 bridgehead atoms. The maximum atomic E-state index is 14.6. The van der Waals surface area contributed by atoms with E-state index in [1.165, 1.54) is 25.7 Å². The molecule has 0 aliphatic carbocycles. The molecule has 2 heterocycles. The maximum absolute atomic E-state index is 14.6. The summed E-state index contributed by atoms with van der Waals surface area (Å²) in [6.07, 6.45) is 20.4. The van der Waals surface area contributed by atoms with Crippen LogP contribution in [-0.4, -0.2) is 44.7 Å². The molecule has 0 fully saturated rings. The Labute approximate surface area is 334 Å². The molecule has 2 aliphatic heterocycles. The van der Waals surface area contributed by atoms with Crippen molar-refractivity contribution in [2.75, 3.05) is 0 Å². The van der Waals surface area contributed by atoms with E-state index in [4.69, 9.17) is 0 Å². The van der Waals surface area contributed by atoms with Crippen LogP contribution in [0.3, 0.4) is 0 Å². The van der Waals surface area contributed by atoms with Crippen LogP contribution in [0.15, 0.2) is 48.5 Å². The number of benzene rings is 5. The van der Waals surface area contributed by atoms with Gasteiger partial charge in [0.1, 0.15) is 0 Å². The summed E-state index contributed by atoms with van der Waals surface area (Å²) in [5.74, 6) is -0.437. The van der Waals surface area contributed by atoms with Crippen molar-refractivity contribution in [2.45, 2.75) is 174 Å². The van der Waals surface area contributed by atoms with Crippen LogP contribution in [0.25, 0.3) is 43.1 Å². The third kappa shape index (κ3) is 7.32. The summed E-state index contributed by atoms with van der Waals surface area (Å²) >= 11 is 0. The predicted molar refractivity (Wildman–Crippen MR) is 232 cm³/mol. The van der Waals surface area contributed by atoms with Gasteiger partial charge in [0.2, 0.25) is 0 Å². The number of aliphatic hydroxyl groups is 1. The lowest BCUT2D eigenvalue weighted by molar-refractivity contribution is -0.0200. The second-order valence-electron chi connectivity index (χ2n) is 17.0. The molecule has 298 valence electrons. The minimum atomic E-state index is -1.02. The summed E-state index contributed by atoms with van der Waals surface area (Å²) in [4.78, 5) is 47.0. The van der Waals surface area contributed by atoms with Crippen LogP contribution >= 0.6 is 0 Å². The SMILES string of the molecule is CCCCCCC(CCCCCC)N1C(=O)c2ccc3c4ccc5c6c(ccc(c7ccc(c2c37)C1=O)c64)C(O)N(C(CCCCCC)CCCCCC)C5=O. The number of carbonyl (C=O) groups excluding carboxylic acids is 3. The Morgan fingerprint density at radius 3 is 1.25 bits per heavy atom. The molecular formula is C50H64N2O4. The first-order valence-corrected chi connectivity index (χ1v) is 22.5. The van der Waals surface area contributed by atoms with Gasteiger partial charge in [0.25, 0.3) is 17.7 Å². The van der Waals surface area contributed by atoms with Gasteiger partial charge in [-0.25, -0.2) is 0 Å². The molecule has 1 atom stereocenters. The van der Waals surface area contributed by atoms with Crippen LogP contribution in [0.4, 0.5) is 0 Å². The van der Waals surface area contributed by atoms with Crippen molar-refractivity contribution in [1.29, 1.82) is 0 Å². The first-order chi connectivity index (χ1) is 27.4. The highest BCUT2D eigenvalue weighted by molar-refractivity contribution is 6.39. The minimum Gasteiger partial charge on any atom is -0.369 e. The fourth-order valence-corrected chi connectivity index (χ4v) is 10.2. The fourth-order valence-electron chi connectivity index (χ4n) is 10.2. The van der Waals surface area contributed by atoms with Crippen LogP contribution in [0.2, 0.25) is 0 Å². The van der Waals surface area contributed by atoms with E-state index in [0.29, 0.717) is 16.7 Å². The Hall–Kier alpha value is -4.03. The predicted octanol–water partition coefficient (Wildman–Crippen LogP) is 13.4. The van der Waals surface area contributed by atoms with Gasteiger partial charge in [-0.15, -0.1) is 0 Å². The number of nitrogens with zero attached hydrogens (tertiary/aromatic N) is 2. The Morgan fingerprint density at radius 2 is 0.821 bits per heavy atom. The van der Waals surface area contributed by atoms with E-state index in [1.807, 2.05) is 24.3 Å². The molecule has 0 saturated carbocycles. The maximum Gasteiger partial charge on any atom is 0.261 e. The second kappa shape index (κ2) is 18.1. The zero-order valence-electron chi connectivity index (χ0n) is 34.6. The molecule has 0 aromatic heterocycles. The molecule has 0 saturated heterocycles. The van der Waals surface area contributed by atoms with E-state index < -0.39 is 6.23 Å². The minimum absolute atomic E-state index is 0.0135. The molecule has 2 aliphatic rings. The van der Waals surface area contributed by atoms with Gasteiger partial charge in [-0.2, -0.15) is 0 Å². The summed E-state index contributed by atoms with van der Waals surface area (Å²) < 4.78 is 0. The van der Waals surface area contributed by atoms with Gasteiger partial charge in [-0.3, -0.25) is 19.3 Å². The van der Waals surface area contributed by atoms with Gasteiger partial charge >= 0.3 is 0 Å². The van der Waals surface area contributed by atoms with E-state index in [0.717, 1.165) is 151 Å². The summed E-state index contributed by atoms with van der Waals surface area (Å²) in [6, 6.07) is 16.0. The average molecular weight is 757 g/mol. The van der Waals surface area contributed by atoms with E-state index in [1.54, 1.807) is 9.80 Å². The van der Waals surface area contributed by atoms with E-state index in [2.05, 4.69) is 52.0 Å². The lowest BCUT2D eigenvalue weighted by Gasteiger charge is -2.40. The summed E-state index contributed by atoms with van der Waals surface area (Å²) in [7, 11) is 0. The molecule has 1 unspecified atom stereocenters. The van der Waals surface area contributed by atoms with Gasteiger partial charge in [-0.05, 0) is 76.2 Å². The van der Waals surface area contributed by atoms with E-state index >= 15 is 0 Å². The molecule has 5 aromatic rings. The first kappa shape index (κ1) is 40.2. The molecule has 5 aromatic carbocycles. The smallest absolute Gasteiger partial charge is 0.261 e. The zero-order chi connectivity index (χ0) is 39.3. The molecule has 6 nitrogen and oxygen atoms in total. The van der Waals surface area contributed by atoms with Crippen LogP contribution < -0.4 is 0 Å². The van der Waals surface area contributed by atoms with Crippen molar-refractivity contribution < 1.29 is 19.5 Å². The largest absolute Gasteiger partial charge is 0.369 e. The monoisotopic (exact) mass is 756 g/mol. The van der Waals surface area contributed by atoms with Gasteiger partial charge in [-0.1, -0.05) is 161 Å². The second-order valence-corrected chi connectivity index (χ2v) is 17.0. The van der Waals surface area contributed by atoms with Gasteiger partial charge in [0.05, 0.1) is 0 Å². The van der Waals surface area contributed by atoms with E-state index in [9.17, 15) is 19.5 Å². The van der Waals surface area contributed by atoms with Crippen molar-refractivity contribution in [3.63, 3.8) is 0 Å². The molecule has 6 heteroatoms. The van der Waals surface area contributed by atoms with Gasteiger partial charge in [0.15, 0.2) is 6.23 Å². The number of imide groups is 1. The quantitative estimate of drug-likeness (QED) is 0.0330. The molecule has 56 heavy (non-hydrogen) atoms. The standard InChI is InChI=1S/C50H64N2O4/c1-5-9-13-17-21-33(22-18-14-10-6-2)51-47(53)39-29-25-35-37-27-31-41-46-42(32-28-38(44(37)46)36-26-30-40(48(51)54)45(39)43(35)36)50(56)52(49(41)55)34(23-19-15-11-7-3)24-20-16-12-8-4/h25-34,47,53H,5-24H2,1-4H3. The number of carbonyl (C=O) groups is 3. The van der Waals surface area contributed by atoms with Crippen LogP contribution in [0.5, 0.6) is 0 Å². The lowest BCUT2D eigenvalue weighted by Crippen LogP contribution is -2.47. The van der Waals surface area contributed by atoms with Gasteiger partial charge in [0, 0.05) is 45.1 Å². The van der Waals surface area contributed by atoms with Crippen molar-refractivity contribution in [2.24, 2.45) is 0 Å². The highest BCUT2D eigenvalue weighted by Crippen LogP contribution is 2.48. The number of rotatable bonds is 22. The van der Waals surface area contributed by atoms with Crippen LogP contribution in [0, 0.1) is 0 Å². The number of unbranched alkanes of at least 4 members (excludes halogenated alkanes) is 12. The van der Waals surface area contributed by atoms with Crippen LogP contribution in [0.1, 0.15) is 199 Å². The summed E-state index contributed by atoms with van der Waals surface area (Å²) in [5, 5.41) is 19.5. The van der Waals surface area contributed by atoms with Crippen molar-refractivity contribution >= 4 is 60.8 Å². The van der Waals surface area contributed by atoms with Crippen molar-refractivity contribution in [1.82, 2.24) is 9.80 Å². The Balaban J connectivity index is 1.29. The number of fused-ring (bicyclic) bond motifs is 2. The molecular weight excluding hydrogens is 693 g/mol. The molecule has 0 radical (unpaired) electrons. The molecule has 0 spiro atoms. The highest BCUT2D eigenvalue weighted by Gasteiger charge is 2.40. The number of hydrogen-bond acceptors (Lipinski definition) is 4. The third-order valence-electron chi connectivity index (χ3n) is 13.2. The number of aliphatic hydroxyl groups excluding tert-OH is 1. The fraction of sp³-hybridized carbons (Fsp3) is 0.540.